The fraction of sp³-hybridized carbons (Fsp3) is 0.333. The van der Waals surface area contributed by atoms with Gasteiger partial charge in [0.1, 0.15) is 15.7 Å². The van der Waals surface area contributed by atoms with Crippen molar-refractivity contribution in [1.29, 1.82) is 0 Å². The first-order chi connectivity index (χ1) is 16.8. The largest absolute Gasteiger partial charge is 0.493 e. The van der Waals surface area contributed by atoms with Gasteiger partial charge in [-0.2, -0.15) is 0 Å². The summed E-state index contributed by atoms with van der Waals surface area (Å²) in [5.41, 5.74) is 4.00. The first kappa shape index (κ1) is 24.9. The number of sulfone groups is 1. The van der Waals surface area contributed by atoms with Crippen LogP contribution in [-0.4, -0.2) is 47.4 Å². The van der Waals surface area contributed by atoms with Gasteiger partial charge in [-0.15, -0.1) is 0 Å². The van der Waals surface area contributed by atoms with Crippen molar-refractivity contribution >= 4 is 21.2 Å². The second-order valence-corrected chi connectivity index (χ2v) is 10.8. The molecule has 3 aromatic rings. The second kappa shape index (κ2) is 10.2. The Bertz CT molecular complexity index is 1310. The number of hydrogen-bond acceptors (Lipinski definition) is 6. The fourth-order valence-corrected chi connectivity index (χ4v) is 5.52. The molecule has 1 atom stereocenters. The highest BCUT2D eigenvalue weighted by atomic mass is 32.2. The summed E-state index contributed by atoms with van der Waals surface area (Å²) in [5, 5.41) is 0. The smallest absolute Gasteiger partial charge is 0.161 e. The van der Waals surface area contributed by atoms with Gasteiger partial charge in [-0.25, -0.2) is 12.8 Å². The van der Waals surface area contributed by atoms with E-state index in [1.807, 2.05) is 49.4 Å². The maximum absolute atomic E-state index is 14.5. The molecule has 35 heavy (non-hydrogen) atoms. The SMILES string of the molecule is CCOc1cc([C@@H](CS(C)(=O)=O)N2CN(CC)c3cc(-c4ccccc4F)ccc32)ccc1OC. The molecule has 8 heteroatoms. The van der Waals surface area contributed by atoms with Gasteiger partial charge < -0.3 is 19.3 Å². The number of anilines is 2. The van der Waals surface area contributed by atoms with Crippen LogP contribution in [0.1, 0.15) is 25.5 Å². The van der Waals surface area contributed by atoms with Crippen molar-refractivity contribution in [3.63, 3.8) is 0 Å². The molecule has 0 spiro atoms. The summed E-state index contributed by atoms with van der Waals surface area (Å²) in [6.45, 7) is 5.65. The molecule has 0 bridgehead atoms. The van der Waals surface area contributed by atoms with Crippen LogP contribution < -0.4 is 19.3 Å². The van der Waals surface area contributed by atoms with E-state index in [0.717, 1.165) is 29.0 Å². The monoisotopic (exact) mass is 498 g/mol. The molecule has 1 aliphatic heterocycles. The Morgan fingerprint density at radius 2 is 1.77 bits per heavy atom. The van der Waals surface area contributed by atoms with E-state index >= 15 is 0 Å². The summed E-state index contributed by atoms with van der Waals surface area (Å²) in [6, 6.07) is 17.7. The normalized spacial score (nSPS) is 14.1. The van der Waals surface area contributed by atoms with Crippen LogP contribution in [0, 0.1) is 5.82 Å². The number of halogens is 1. The van der Waals surface area contributed by atoms with Gasteiger partial charge in [0.15, 0.2) is 11.5 Å². The quantitative estimate of drug-likeness (QED) is 0.400. The first-order valence-corrected chi connectivity index (χ1v) is 13.7. The van der Waals surface area contributed by atoms with Crippen LogP contribution in [0.4, 0.5) is 15.8 Å². The zero-order chi connectivity index (χ0) is 25.2. The number of benzene rings is 3. The standard InChI is InChI=1S/C27H31FN2O4S/c1-5-29-18-30(23-13-11-19(15-24(23)29)21-9-7-8-10-22(21)28)25(17-35(4,31)32)20-12-14-26(33-3)27(16-20)34-6-2/h7-16,25H,5-6,17-18H2,1-4H3/t25-/m1/s1. The molecule has 4 rings (SSSR count). The van der Waals surface area contributed by atoms with Crippen molar-refractivity contribution in [1.82, 2.24) is 0 Å². The molecule has 0 saturated carbocycles. The van der Waals surface area contributed by atoms with Crippen molar-refractivity contribution < 1.29 is 22.3 Å². The Balaban J connectivity index is 1.80. The third-order valence-electron chi connectivity index (χ3n) is 6.22. The molecule has 0 saturated heterocycles. The Morgan fingerprint density at radius 1 is 1.00 bits per heavy atom. The molecule has 0 fully saturated rings. The topological polar surface area (TPSA) is 59.1 Å². The number of rotatable bonds is 9. The number of nitrogens with zero attached hydrogens (tertiary/aromatic N) is 2. The number of methoxy groups -OCH3 is 1. The average molecular weight is 499 g/mol. The predicted molar refractivity (Wildman–Crippen MR) is 139 cm³/mol. The summed E-state index contributed by atoms with van der Waals surface area (Å²) < 4.78 is 50.7. The minimum atomic E-state index is -3.32. The van der Waals surface area contributed by atoms with E-state index in [0.29, 0.717) is 30.3 Å². The van der Waals surface area contributed by atoms with Crippen LogP contribution in [-0.2, 0) is 9.84 Å². The molecule has 0 N–H and O–H groups in total. The van der Waals surface area contributed by atoms with Crippen LogP contribution in [0.25, 0.3) is 11.1 Å². The van der Waals surface area contributed by atoms with Gasteiger partial charge >= 0.3 is 0 Å². The minimum Gasteiger partial charge on any atom is -0.493 e. The van der Waals surface area contributed by atoms with Crippen molar-refractivity contribution in [2.45, 2.75) is 19.9 Å². The molecule has 6 nitrogen and oxygen atoms in total. The Kier molecular flexibility index (Phi) is 7.21. The lowest BCUT2D eigenvalue weighted by Gasteiger charge is -2.31. The third kappa shape index (κ3) is 5.22. The van der Waals surface area contributed by atoms with Crippen molar-refractivity contribution in [2.75, 3.05) is 48.7 Å². The number of ether oxygens (including phenoxy) is 2. The molecular formula is C27H31FN2O4S. The Morgan fingerprint density at radius 3 is 2.43 bits per heavy atom. The molecule has 0 aliphatic carbocycles. The maximum atomic E-state index is 14.5. The highest BCUT2D eigenvalue weighted by Gasteiger charge is 2.34. The number of hydrogen-bond donors (Lipinski definition) is 0. The molecule has 1 heterocycles. The zero-order valence-electron chi connectivity index (χ0n) is 20.5. The molecule has 186 valence electrons. The highest BCUT2D eigenvalue weighted by Crippen LogP contribution is 2.44. The molecule has 0 aromatic heterocycles. The van der Waals surface area contributed by atoms with E-state index in [2.05, 4.69) is 16.7 Å². The van der Waals surface area contributed by atoms with E-state index in [1.54, 1.807) is 19.2 Å². The van der Waals surface area contributed by atoms with E-state index in [-0.39, 0.29) is 11.6 Å². The predicted octanol–water partition coefficient (Wildman–Crippen LogP) is 5.29. The van der Waals surface area contributed by atoms with Crippen LogP contribution in [0.3, 0.4) is 0 Å². The molecule has 0 radical (unpaired) electrons. The maximum Gasteiger partial charge on any atom is 0.161 e. The van der Waals surface area contributed by atoms with Crippen molar-refractivity contribution in [3.8, 4) is 22.6 Å². The second-order valence-electron chi connectivity index (χ2n) is 8.60. The van der Waals surface area contributed by atoms with Crippen LogP contribution in [0.5, 0.6) is 11.5 Å². The molecule has 1 aliphatic rings. The van der Waals surface area contributed by atoms with Gasteiger partial charge in [-0.05, 0) is 55.3 Å². The van der Waals surface area contributed by atoms with Crippen molar-refractivity contribution in [2.24, 2.45) is 0 Å². The summed E-state index contributed by atoms with van der Waals surface area (Å²) in [7, 11) is -1.74. The van der Waals surface area contributed by atoms with E-state index in [9.17, 15) is 12.8 Å². The molecule has 0 unspecified atom stereocenters. The third-order valence-corrected chi connectivity index (χ3v) is 7.15. The van der Waals surface area contributed by atoms with Crippen molar-refractivity contribution in [3.05, 3.63) is 72.0 Å². The lowest BCUT2D eigenvalue weighted by Crippen LogP contribution is -2.36. The van der Waals surface area contributed by atoms with E-state index < -0.39 is 15.9 Å². The molecule has 0 amide bonds. The van der Waals surface area contributed by atoms with Gasteiger partial charge in [-0.3, -0.25) is 0 Å². The molecular weight excluding hydrogens is 467 g/mol. The Labute approximate surface area is 206 Å². The molecule has 3 aromatic carbocycles. The summed E-state index contributed by atoms with van der Waals surface area (Å²) in [5.74, 6) is 0.839. The van der Waals surface area contributed by atoms with Crippen LogP contribution >= 0.6 is 0 Å². The lowest BCUT2D eigenvalue weighted by atomic mass is 10.0. The first-order valence-electron chi connectivity index (χ1n) is 11.6. The van der Waals surface area contributed by atoms with Gasteiger partial charge in [0.2, 0.25) is 0 Å². The van der Waals surface area contributed by atoms with Crippen LogP contribution in [0.15, 0.2) is 60.7 Å². The van der Waals surface area contributed by atoms with E-state index in [4.69, 9.17) is 9.47 Å². The van der Waals surface area contributed by atoms with Gasteiger partial charge in [0.05, 0.1) is 43.6 Å². The minimum absolute atomic E-state index is 0.0586. The van der Waals surface area contributed by atoms with Gasteiger partial charge in [0.25, 0.3) is 0 Å². The summed E-state index contributed by atoms with van der Waals surface area (Å²) in [4.78, 5) is 4.27. The lowest BCUT2D eigenvalue weighted by molar-refractivity contribution is 0.310. The average Bonchev–Trinajstić information content (AvgIpc) is 3.20. The highest BCUT2D eigenvalue weighted by molar-refractivity contribution is 7.90. The van der Waals surface area contributed by atoms with Crippen LogP contribution in [0.2, 0.25) is 0 Å². The summed E-state index contributed by atoms with van der Waals surface area (Å²) >= 11 is 0. The Hall–Kier alpha value is -3.26. The van der Waals surface area contributed by atoms with Gasteiger partial charge in [-0.1, -0.05) is 30.3 Å². The van der Waals surface area contributed by atoms with Gasteiger partial charge in [0, 0.05) is 18.4 Å². The zero-order valence-corrected chi connectivity index (χ0v) is 21.3. The van der Waals surface area contributed by atoms with E-state index in [1.165, 1.54) is 12.3 Å². The fourth-order valence-electron chi connectivity index (χ4n) is 4.58. The number of fused-ring (bicyclic) bond motifs is 1. The summed E-state index contributed by atoms with van der Waals surface area (Å²) in [6.07, 6.45) is 1.25.